The van der Waals surface area contributed by atoms with Crippen LogP contribution in [0.2, 0.25) is 0 Å². The van der Waals surface area contributed by atoms with E-state index in [0.717, 1.165) is 49.4 Å². The fourth-order valence-corrected chi connectivity index (χ4v) is 6.52. The number of likely N-dealkylation sites (tertiary alicyclic amines) is 1. The highest BCUT2D eigenvalue weighted by atomic mass is 16.5. The van der Waals surface area contributed by atoms with Gasteiger partial charge in [-0.1, -0.05) is 18.6 Å². The first-order valence-corrected chi connectivity index (χ1v) is 11.1. The largest absolute Gasteiger partial charge is 0.493 e. The number of benzene rings is 1. The summed E-state index contributed by atoms with van der Waals surface area (Å²) in [5.41, 5.74) is 5.00. The van der Waals surface area contributed by atoms with Crippen molar-refractivity contribution in [2.75, 3.05) is 20.7 Å². The SMILES string of the molecule is COc1ccc2c3c1O[C@H]1C(=NN=C4CCCCC4)C=C[C@H]4[C@@H](C2)N(C)CC[C@]314. The number of rotatable bonds is 2. The van der Waals surface area contributed by atoms with E-state index in [-0.39, 0.29) is 11.5 Å². The number of hydrogen-bond donors (Lipinski definition) is 0. The zero-order valence-electron chi connectivity index (χ0n) is 17.4. The Bertz CT molecular complexity index is 942. The molecule has 5 aliphatic rings. The van der Waals surface area contributed by atoms with Gasteiger partial charge in [0.05, 0.1) is 12.5 Å². The maximum atomic E-state index is 6.69. The molecule has 0 unspecified atom stereocenters. The molecule has 1 saturated carbocycles. The van der Waals surface area contributed by atoms with Gasteiger partial charge in [-0.05, 0) is 69.8 Å². The quantitative estimate of drug-likeness (QED) is 0.719. The monoisotopic (exact) mass is 391 g/mol. The summed E-state index contributed by atoms with van der Waals surface area (Å²) in [6, 6.07) is 4.85. The van der Waals surface area contributed by atoms with Crippen LogP contribution in [0.4, 0.5) is 0 Å². The second-order valence-electron chi connectivity index (χ2n) is 9.31. The van der Waals surface area contributed by atoms with Gasteiger partial charge >= 0.3 is 0 Å². The molecule has 29 heavy (non-hydrogen) atoms. The molecule has 5 nitrogen and oxygen atoms in total. The molecule has 2 fully saturated rings. The molecular formula is C24H29N3O2. The van der Waals surface area contributed by atoms with Crippen LogP contribution in [-0.2, 0) is 11.8 Å². The molecule has 0 N–H and O–H groups in total. The van der Waals surface area contributed by atoms with E-state index in [2.05, 4.69) is 41.3 Å². The average Bonchev–Trinajstić information content (AvgIpc) is 3.11. The topological polar surface area (TPSA) is 46.4 Å². The van der Waals surface area contributed by atoms with Crippen molar-refractivity contribution in [3.05, 3.63) is 35.4 Å². The Balaban J connectivity index is 1.50. The molecule has 1 spiro atoms. The predicted octanol–water partition coefficient (Wildman–Crippen LogP) is 3.90. The van der Waals surface area contributed by atoms with Gasteiger partial charge in [0.15, 0.2) is 17.6 Å². The van der Waals surface area contributed by atoms with Crippen molar-refractivity contribution < 1.29 is 9.47 Å². The van der Waals surface area contributed by atoms with Gasteiger partial charge in [0, 0.05) is 23.2 Å². The highest BCUT2D eigenvalue weighted by molar-refractivity contribution is 6.03. The lowest BCUT2D eigenvalue weighted by molar-refractivity contribution is 0.0272. The summed E-state index contributed by atoms with van der Waals surface area (Å²) in [6.45, 7) is 1.09. The second-order valence-corrected chi connectivity index (χ2v) is 9.31. The smallest absolute Gasteiger partial charge is 0.166 e. The lowest BCUT2D eigenvalue weighted by Gasteiger charge is -2.55. The van der Waals surface area contributed by atoms with Crippen molar-refractivity contribution in [3.63, 3.8) is 0 Å². The number of nitrogens with zero attached hydrogens (tertiary/aromatic N) is 3. The first kappa shape index (κ1) is 17.7. The van der Waals surface area contributed by atoms with Gasteiger partial charge in [0.1, 0.15) is 5.71 Å². The lowest BCUT2D eigenvalue weighted by atomic mass is 9.53. The molecule has 1 saturated heterocycles. The number of hydrogen-bond acceptors (Lipinski definition) is 5. The summed E-state index contributed by atoms with van der Waals surface area (Å²) in [4.78, 5) is 2.53. The molecule has 0 radical (unpaired) electrons. The third kappa shape index (κ3) is 2.37. The van der Waals surface area contributed by atoms with E-state index in [0.29, 0.717) is 12.0 Å². The number of methoxy groups -OCH3 is 1. The minimum absolute atomic E-state index is 0.0328. The normalized spacial score (nSPS) is 36.0. The van der Waals surface area contributed by atoms with Crippen molar-refractivity contribution in [1.82, 2.24) is 4.90 Å². The zero-order chi connectivity index (χ0) is 19.6. The van der Waals surface area contributed by atoms with Crippen LogP contribution in [0.5, 0.6) is 11.5 Å². The Morgan fingerprint density at radius 1 is 1.17 bits per heavy atom. The Kier molecular flexibility index (Phi) is 3.92. The van der Waals surface area contributed by atoms with Gasteiger partial charge in [0.2, 0.25) is 0 Å². The van der Waals surface area contributed by atoms with Crippen molar-refractivity contribution in [2.24, 2.45) is 16.1 Å². The maximum Gasteiger partial charge on any atom is 0.166 e. The summed E-state index contributed by atoms with van der Waals surface area (Å²) >= 11 is 0. The number of likely N-dealkylation sites (N-methyl/N-ethyl adjacent to an activating group) is 1. The van der Waals surface area contributed by atoms with E-state index in [1.54, 1.807) is 7.11 Å². The molecule has 4 atom stereocenters. The van der Waals surface area contributed by atoms with Crippen LogP contribution in [0, 0.1) is 5.92 Å². The van der Waals surface area contributed by atoms with Crippen LogP contribution in [0.25, 0.3) is 0 Å². The molecule has 2 bridgehead atoms. The summed E-state index contributed by atoms with van der Waals surface area (Å²) in [5, 5.41) is 9.46. The molecule has 152 valence electrons. The van der Waals surface area contributed by atoms with Gasteiger partial charge < -0.3 is 14.4 Å². The molecular weight excluding hydrogens is 362 g/mol. The van der Waals surface area contributed by atoms with Crippen LogP contribution in [0.3, 0.4) is 0 Å². The molecule has 0 aromatic heterocycles. The van der Waals surface area contributed by atoms with Gasteiger partial charge in [-0.3, -0.25) is 0 Å². The zero-order valence-corrected chi connectivity index (χ0v) is 17.4. The van der Waals surface area contributed by atoms with Crippen molar-refractivity contribution in [1.29, 1.82) is 0 Å². The lowest BCUT2D eigenvalue weighted by Crippen LogP contribution is -2.64. The molecule has 1 aromatic carbocycles. The second kappa shape index (κ2) is 6.43. The number of ether oxygens (including phenoxy) is 2. The highest BCUT2D eigenvalue weighted by Gasteiger charge is 2.63. The Morgan fingerprint density at radius 3 is 2.86 bits per heavy atom. The fraction of sp³-hybridized carbons (Fsp3) is 0.583. The third-order valence-electron chi connectivity index (χ3n) is 7.96. The van der Waals surface area contributed by atoms with Crippen molar-refractivity contribution in [2.45, 2.75) is 62.5 Å². The van der Waals surface area contributed by atoms with Crippen LogP contribution in [-0.4, -0.2) is 49.2 Å². The molecule has 2 aliphatic heterocycles. The summed E-state index contributed by atoms with van der Waals surface area (Å²) in [6.07, 6.45) is 12.7. The predicted molar refractivity (Wildman–Crippen MR) is 114 cm³/mol. The summed E-state index contributed by atoms with van der Waals surface area (Å²) in [7, 11) is 4.01. The van der Waals surface area contributed by atoms with Gasteiger partial charge in [0.25, 0.3) is 0 Å². The van der Waals surface area contributed by atoms with Crippen molar-refractivity contribution >= 4 is 11.4 Å². The molecule has 6 rings (SSSR count). The van der Waals surface area contributed by atoms with Crippen LogP contribution >= 0.6 is 0 Å². The molecule has 1 aromatic rings. The Hall–Kier alpha value is -2.14. The minimum atomic E-state index is -0.0630. The van der Waals surface area contributed by atoms with Gasteiger partial charge in [-0.15, -0.1) is 0 Å². The third-order valence-corrected chi connectivity index (χ3v) is 7.96. The molecule has 5 heteroatoms. The first-order valence-electron chi connectivity index (χ1n) is 11.1. The Labute approximate surface area is 172 Å². The van der Waals surface area contributed by atoms with Crippen molar-refractivity contribution in [3.8, 4) is 11.5 Å². The van der Waals surface area contributed by atoms with Gasteiger partial charge in [-0.25, -0.2) is 0 Å². The van der Waals surface area contributed by atoms with Crippen LogP contribution in [0.1, 0.15) is 49.7 Å². The standard InChI is InChI=1S/C24H29N3O2/c1-27-13-12-24-17-9-10-18(26-25-16-6-4-3-5-7-16)23(24)29-22-20(28-2)11-8-15(21(22)24)14-19(17)27/h8-11,17,19,23H,3-7,12-14H2,1-2H3/t17-,19+,23-,24-/m0/s1. The van der Waals surface area contributed by atoms with Crippen LogP contribution in [0.15, 0.2) is 34.5 Å². The summed E-state index contributed by atoms with van der Waals surface area (Å²) < 4.78 is 12.4. The summed E-state index contributed by atoms with van der Waals surface area (Å²) in [5.74, 6) is 2.25. The highest BCUT2D eigenvalue weighted by Crippen LogP contribution is 2.62. The minimum Gasteiger partial charge on any atom is -0.493 e. The average molecular weight is 392 g/mol. The van der Waals surface area contributed by atoms with E-state index in [9.17, 15) is 0 Å². The fourth-order valence-electron chi connectivity index (χ4n) is 6.52. The Morgan fingerprint density at radius 2 is 2.03 bits per heavy atom. The molecule has 3 aliphatic carbocycles. The van der Waals surface area contributed by atoms with E-state index in [1.165, 1.54) is 36.1 Å². The van der Waals surface area contributed by atoms with E-state index >= 15 is 0 Å². The molecule has 2 heterocycles. The first-order chi connectivity index (χ1) is 14.2. The molecule has 0 amide bonds. The number of piperidine rings is 1. The van der Waals surface area contributed by atoms with Gasteiger partial charge in [-0.2, -0.15) is 10.2 Å². The van der Waals surface area contributed by atoms with Crippen LogP contribution < -0.4 is 9.47 Å². The maximum absolute atomic E-state index is 6.69. The van der Waals surface area contributed by atoms with E-state index in [1.807, 2.05) is 0 Å². The van der Waals surface area contributed by atoms with E-state index < -0.39 is 0 Å². The van der Waals surface area contributed by atoms with E-state index in [4.69, 9.17) is 14.6 Å².